The maximum atomic E-state index is 10.1. The first kappa shape index (κ1) is 51.9. The van der Waals surface area contributed by atoms with Gasteiger partial charge in [0.05, 0.1) is 12.5 Å². The van der Waals surface area contributed by atoms with Crippen LogP contribution in [0.3, 0.4) is 0 Å². The van der Waals surface area contributed by atoms with Gasteiger partial charge >= 0.3 is 0 Å². The van der Waals surface area contributed by atoms with Gasteiger partial charge in [0.1, 0.15) is 0 Å². The molecular weight excluding hydrogens is 963 g/mol. The van der Waals surface area contributed by atoms with Crippen LogP contribution in [-0.4, -0.2) is 0 Å². The van der Waals surface area contributed by atoms with Crippen molar-refractivity contribution in [3.8, 4) is 84.0 Å². The molecule has 0 radical (unpaired) electrons. The molecule has 1 heteroatoms. The van der Waals surface area contributed by atoms with E-state index in [2.05, 4.69) is 329 Å². The SMILES string of the molecule is C/C(=C\C(=C/CC#N)c1cc(/C(C)=C/C(=C\Cc2cccc(-c3ccccc3)c2)c2cccc(-c3ccccc3)c2)cc(-c2cc(-c3cccc(-c4ccccc4)c3)cc(-c3cccc(-c4ccccc4)c3)c2)c1)c1ccccc1. The zero-order chi connectivity index (χ0) is 54.5. The molecule has 0 spiro atoms. The molecule has 11 aromatic rings. The molecule has 11 aromatic carbocycles. The highest BCUT2D eigenvalue weighted by molar-refractivity contribution is 5.92. The van der Waals surface area contributed by atoms with Gasteiger partial charge in [0, 0.05) is 0 Å². The van der Waals surface area contributed by atoms with E-state index < -0.39 is 0 Å². The molecule has 0 aliphatic carbocycles. The van der Waals surface area contributed by atoms with E-state index in [-0.39, 0.29) is 6.42 Å². The second-order valence-electron chi connectivity index (χ2n) is 20.4. The maximum absolute atomic E-state index is 10.1. The number of rotatable bonds is 16. The lowest BCUT2D eigenvalue weighted by molar-refractivity contribution is 1.27. The predicted molar refractivity (Wildman–Crippen MR) is 341 cm³/mol. The van der Waals surface area contributed by atoms with Crippen LogP contribution >= 0.6 is 0 Å². The van der Waals surface area contributed by atoms with Crippen molar-refractivity contribution in [2.45, 2.75) is 26.7 Å². The molecule has 0 N–H and O–H groups in total. The third kappa shape index (κ3) is 12.7. The first-order chi connectivity index (χ1) is 39.4. The molecule has 0 unspecified atom stereocenters. The number of nitriles is 1. The zero-order valence-corrected chi connectivity index (χ0v) is 45.3. The van der Waals surface area contributed by atoms with Crippen molar-refractivity contribution in [2.75, 3.05) is 0 Å². The van der Waals surface area contributed by atoms with Crippen molar-refractivity contribution in [1.29, 1.82) is 5.26 Å². The highest BCUT2D eigenvalue weighted by atomic mass is 14.2. The Balaban J connectivity index is 1.10. The molecule has 0 bridgehead atoms. The Bertz CT molecular complexity index is 4000. The molecule has 80 heavy (non-hydrogen) atoms. The largest absolute Gasteiger partial charge is 0.198 e. The van der Waals surface area contributed by atoms with Gasteiger partial charge in [-0.3, -0.25) is 0 Å². The van der Waals surface area contributed by atoms with Crippen LogP contribution in [0.1, 0.15) is 48.1 Å². The summed E-state index contributed by atoms with van der Waals surface area (Å²) in [7, 11) is 0. The Morgan fingerprint density at radius 2 is 0.613 bits per heavy atom. The van der Waals surface area contributed by atoms with E-state index in [0.29, 0.717) is 0 Å². The number of hydrogen-bond donors (Lipinski definition) is 0. The Morgan fingerprint density at radius 3 is 1.11 bits per heavy atom. The monoisotopic (exact) mass is 1020 g/mol. The summed E-state index contributed by atoms with van der Waals surface area (Å²) in [5.74, 6) is 0. The van der Waals surface area contributed by atoms with E-state index >= 15 is 0 Å². The third-order valence-electron chi connectivity index (χ3n) is 14.9. The fourth-order valence-electron chi connectivity index (χ4n) is 10.6. The lowest BCUT2D eigenvalue weighted by Gasteiger charge is -2.17. The average Bonchev–Trinajstić information content (AvgIpc) is 3.57. The van der Waals surface area contributed by atoms with Crippen LogP contribution in [0, 0.1) is 11.3 Å². The average molecular weight is 1020 g/mol. The molecule has 0 aliphatic heterocycles. The molecule has 0 saturated heterocycles. The Hall–Kier alpha value is -10.1. The molecule has 0 heterocycles. The highest BCUT2D eigenvalue weighted by Crippen LogP contribution is 2.39. The summed E-state index contributed by atoms with van der Waals surface area (Å²) < 4.78 is 0. The fourth-order valence-corrected chi connectivity index (χ4v) is 10.6. The van der Waals surface area contributed by atoms with E-state index in [4.69, 9.17) is 0 Å². The summed E-state index contributed by atoms with van der Waals surface area (Å²) in [5.41, 5.74) is 26.2. The second-order valence-corrected chi connectivity index (χ2v) is 20.4. The summed E-state index contributed by atoms with van der Waals surface area (Å²) >= 11 is 0. The van der Waals surface area contributed by atoms with E-state index in [0.717, 1.165) is 84.3 Å². The number of allylic oxidation sites excluding steroid dienone is 8. The normalized spacial score (nSPS) is 12.0. The van der Waals surface area contributed by atoms with E-state index in [9.17, 15) is 5.26 Å². The van der Waals surface area contributed by atoms with Gasteiger partial charge in [-0.1, -0.05) is 255 Å². The Labute approximate surface area is 472 Å². The number of benzene rings is 11. The van der Waals surface area contributed by atoms with Crippen molar-refractivity contribution >= 4 is 22.3 Å². The summed E-state index contributed by atoms with van der Waals surface area (Å²) in [5, 5.41) is 10.1. The van der Waals surface area contributed by atoms with Gasteiger partial charge in [0.25, 0.3) is 0 Å². The number of hydrogen-bond acceptors (Lipinski definition) is 1. The van der Waals surface area contributed by atoms with Gasteiger partial charge in [-0.2, -0.15) is 5.26 Å². The quantitative estimate of drug-likeness (QED) is 0.0885. The van der Waals surface area contributed by atoms with Crippen molar-refractivity contribution in [3.63, 3.8) is 0 Å². The van der Waals surface area contributed by atoms with Crippen LogP contribution in [0.25, 0.3) is 100 Å². The first-order valence-electron chi connectivity index (χ1n) is 27.5. The van der Waals surface area contributed by atoms with Crippen LogP contribution in [0.5, 0.6) is 0 Å². The molecular formula is C79H61N. The van der Waals surface area contributed by atoms with Crippen LogP contribution in [0.4, 0.5) is 0 Å². The molecule has 382 valence electrons. The van der Waals surface area contributed by atoms with E-state index in [1.54, 1.807) is 0 Å². The minimum atomic E-state index is 0.271. The van der Waals surface area contributed by atoms with Gasteiger partial charge < -0.3 is 0 Å². The molecule has 1 nitrogen and oxygen atoms in total. The molecule has 0 atom stereocenters. The lowest BCUT2D eigenvalue weighted by Crippen LogP contribution is -1.93. The molecule has 11 rings (SSSR count). The summed E-state index contributed by atoms with van der Waals surface area (Å²) in [4.78, 5) is 0. The minimum absolute atomic E-state index is 0.271. The summed E-state index contributed by atoms with van der Waals surface area (Å²) in [6.45, 7) is 4.40. The van der Waals surface area contributed by atoms with Gasteiger partial charge in [-0.25, -0.2) is 0 Å². The third-order valence-corrected chi connectivity index (χ3v) is 14.9. The predicted octanol–water partition coefficient (Wildman–Crippen LogP) is 21.5. The van der Waals surface area contributed by atoms with Crippen LogP contribution < -0.4 is 0 Å². The molecule has 0 saturated carbocycles. The minimum Gasteiger partial charge on any atom is -0.198 e. The molecule has 0 aliphatic rings. The standard InChI is InChI=1S/C79H61N/c1-57(60-24-8-3-9-25-60)45-65(41-22-44-80)75-51-74(58(2)46-73(70-38-19-35-67(48-70)62-28-12-5-13-29-62)43-42-59-23-18-34-66(47-59)61-26-10-4-11-27-61)52-78(54-75)79-55-76(71-39-20-36-68(49-71)63-30-14-6-15-31-63)53-77(56-79)72-40-21-37-69(50-72)64-32-16-7-17-33-64/h3-21,23-41,43,45-56H,22,42H2,1-2H3/b57-45+,58-46+,65-41+,73-43+. The summed E-state index contributed by atoms with van der Waals surface area (Å²) in [6.07, 6.45) is 10.1. The highest BCUT2D eigenvalue weighted by Gasteiger charge is 2.15. The lowest BCUT2D eigenvalue weighted by atomic mass is 9.88. The van der Waals surface area contributed by atoms with E-state index in [1.165, 1.54) is 50.1 Å². The van der Waals surface area contributed by atoms with Crippen molar-refractivity contribution in [1.82, 2.24) is 0 Å². The summed E-state index contributed by atoms with van der Waals surface area (Å²) in [6, 6.07) is 105. The van der Waals surface area contributed by atoms with Crippen molar-refractivity contribution < 1.29 is 0 Å². The van der Waals surface area contributed by atoms with Gasteiger partial charge in [-0.05, 0) is 203 Å². The maximum Gasteiger partial charge on any atom is 0.0663 e. The zero-order valence-electron chi connectivity index (χ0n) is 45.3. The van der Waals surface area contributed by atoms with Gasteiger partial charge in [0.2, 0.25) is 0 Å². The topological polar surface area (TPSA) is 23.8 Å². The molecule has 0 aromatic heterocycles. The molecule has 0 amide bonds. The van der Waals surface area contributed by atoms with E-state index in [1.807, 2.05) is 0 Å². The molecule has 0 fully saturated rings. The second kappa shape index (κ2) is 24.9. The van der Waals surface area contributed by atoms with Gasteiger partial charge in [0.15, 0.2) is 0 Å². The first-order valence-corrected chi connectivity index (χ1v) is 27.5. The van der Waals surface area contributed by atoms with Crippen molar-refractivity contribution in [3.05, 3.63) is 337 Å². The Kier molecular flexibility index (Phi) is 16.2. The smallest absolute Gasteiger partial charge is 0.0663 e. The van der Waals surface area contributed by atoms with Crippen LogP contribution in [0.2, 0.25) is 0 Å². The Morgan fingerprint density at radius 1 is 0.287 bits per heavy atom. The van der Waals surface area contributed by atoms with Crippen LogP contribution in [0.15, 0.2) is 309 Å². The van der Waals surface area contributed by atoms with Crippen molar-refractivity contribution in [2.24, 2.45) is 0 Å². The fraction of sp³-hybridized carbons (Fsp3) is 0.0506. The van der Waals surface area contributed by atoms with Gasteiger partial charge in [-0.15, -0.1) is 0 Å². The van der Waals surface area contributed by atoms with Crippen LogP contribution in [-0.2, 0) is 6.42 Å². The number of nitrogens with zero attached hydrogens (tertiary/aromatic N) is 1.